The van der Waals surface area contributed by atoms with Crippen LogP contribution >= 0.6 is 0 Å². The Balaban J connectivity index is 2.47. The van der Waals surface area contributed by atoms with Gasteiger partial charge in [0.15, 0.2) is 5.49 Å². The van der Waals surface area contributed by atoms with E-state index in [4.69, 9.17) is 0 Å². The molecule has 0 saturated carbocycles. The van der Waals surface area contributed by atoms with Gasteiger partial charge >= 0.3 is 6.18 Å². The molecular weight excluding hydrogens is 275 g/mol. The van der Waals surface area contributed by atoms with Gasteiger partial charge < -0.3 is 10.5 Å². The van der Waals surface area contributed by atoms with Crippen molar-refractivity contribution in [1.29, 1.82) is 0 Å². The summed E-state index contributed by atoms with van der Waals surface area (Å²) in [5, 5.41) is 11.7. The van der Waals surface area contributed by atoms with Crippen LogP contribution in [0, 0.1) is 6.92 Å². The van der Waals surface area contributed by atoms with Crippen LogP contribution in [0.15, 0.2) is 35.5 Å². The lowest BCUT2D eigenvalue weighted by molar-refractivity contribution is -0.117. The van der Waals surface area contributed by atoms with Crippen molar-refractivity contribution in [2.75, 3.05) is 13.1 Å². The third kappa shape index (κ3) is 6.07. The molecule has 0 aliphatic rings. The third-order valence-corrected chi connectivity index (χ3v) is 2.18. The fourth-order valence-corrected chi connectivity index (χ4v) is 1.28. The predicted molar refractivity (Wildman–Crippen MR) is 65.0 cm³/mol. The van der Waals surface area contributed by atoms with Crippen LogP contribution in [0.3, 0.4) is 0 Å². The largest absolute Gasteiger partial charge is 0.427 e. The van der Waals surface area contributed by atoms with Crippen molar-refractivity contribution >= 4 is 5.91 Å². The molecule has 0 saturated heterocycles. The highest BCUT2D eigenvalue weighted by molar-refractivity contribution is 5.87. The summed E-state index contributed by atoms with van der Waals surface area (Å²) < 4.78 is 36.2. The van der Waals surface area contributed by atoms with Crippen LogP contribution in [0.4, 0.5) is 13.2 Å². The Labute approximate surface area is 113 Å². The van der Waals surface area contributed by atoms with E-state index >= 15 is 0 Å². The minimum Gasteiger partial charge on any atom is -0.427 e. The number of amides is 1. The average molecular weight is 289 g/mol. The number of aryl methyl sites for hydroxylation is 1. The van der Waals surface area contributed by atoms with Gasteiger partial charge in [0.25, 0.3) is 0 Å². The van der Waals surface area contributed by atoms with Crippen molar-refractivity contribution in [3.63, 3.8) is 0 Å². The van der Waals surface area contributed by atoms with E-state index in [-0.39, 0.29) is 19.2 Å². The first kappa shape index (κ1) is 15.8. The van der Waals surface area contributed by atoms with E-state index in [1.807, 2.05) is 6.92 Å². The topological polar surface area (TPSA) is 66.6 Å². The Morgan fingerprint density at radius 2 is 2.25 bits per heavy atom. The minimum absolute atomic E-state index is 0.0645. The molecule has 0 aromatic carbocycles. The number of allylic oxidation sites excluding steroid dienone is 1. The second kappa shape index (κ2) is 6.78. The lowest BCUT2D eigenvalue weighted by Crippen LogP contribution is -2.26. The molecule has 0 aliphatic heterocycles. The van der Waals surface area contributed by atoms with Gasteiger partial charge in [-0.3, -0.25) is 9.79 Å². The SMILES string of the molecule is Cc1ccn(O)c(=NCCNC(=O)/C=C/C(F)(F)F)c1. The van der Waals surface area contributed by atoms with Gasteiger partial charge in [-0.05, 0) is 24.6 Å². The molecule has 1 heterocycles. The molecule has 0 radical (unpaired) electrons. The predicted octanol–water partition coefficient (Wildman–Crippen LogP) is 1.17. The number of nitrogens with zero attached hydrogens (tertiary/aromatic N) is 2. The maximum absolute atomic E-state index is 11.8. The molecule has 0 aliphatic carbocycles. The Morgan fingerprint density at radius 1 is 1.55 bits per heavy atom. The number of hydrogen-bond acceptors (Lipinski definition) is 3. The number of halogens is 3. The first-order valence-electron chi connectivity index (χ1n) is 5.71. The summed E-state index contributed by atoms with van der Waals surface area (Å²) in [4.78, 5) is 15.0. The van der Waals surface area contributed by atoms with Crippen molar-refractivity contribution in [2.45, 2.75) is 13.1 Å². The molecule has 0 unspecified atom stereocenters. The van der Waals surface area contributed by atoms with Gasteiger partial charge in [0, 0.05) is 24.9 Å². The van der Waals surface area contributed by atoms with Gasteiger partial charge in [0.1, 0.15) is 0 Å². The van der Waals surface area contributed by atoms with Crippen LogP contribution in [0.25, 0.3) is 0 Å². The zero-order valence-corrected chi connectivity index (χ0v) is 10.7. The van der Waals surface area contributed by atoms with E-state index in [1.165, 1.54) is 6.20 Å². The maximum Gasteiger partial charge on any atom is 0.409 e. The molecule has 0 fully saturated rings. The van der Waals surface area contributed by atoms with Gasteiger partial charge in [-0.15, -0.1) is 0 Å². The smallest absolute Gasteiger partial charge is 0.409 e. The van der Waals surface area contributed by atoms with Gasteiger partial charge in [-0.1, -0.05) is 0 Å². The van der Waals surface area contributed by atoms with Crippen LogP contribution in [0.2, 0.25) is 0 Å². The molecule has 0 bridgehead atoms. The molecule has 20 heavy (non-hydrogen) atoms. The van der Waals surface area contributed by atoms with E-state index in [1.54, 1.807) is 12.1 Å². The molecule has 1 aromatic rings. The van der Waals surface area contributed by atoms with E-state index in [0.717, 1.165) is 10.3 Å². The second-order valence-corrected chi connectivity index (χ2v) is 3.95. The summed E-state index contributed by atoms with van der Waals surface area (Å²) in [6.07, 6.45) is -2.81. The lowest BCUT2D eigenvalue weighted by atomic mass is 10.3. The number of alkyl halides is 3. The van der Waals surface area contributed by atoms with Crippen LogP contribution in [0.1, 0.15) is 5.56 Å². The fourth-order valence-electron chi connectivity index (χ4n) is 1.28. The second-order valence-electron chi connectivity index (χ2n) is 3.95. The number of hydrogen-bond donors (Lipinski definition) is 2. The molecular formula is C12H14F3N3O2. The molecule has 0 atom stereocenters. The highest BCUT2D eigenvalue weighted by Crippen LogP contribution is 2.15. The van der Waals surface area contributed by atoms with Gasteiger partial charge in [0.05, 0.1) is 6.54 Å². The van der Waals surface area contributed by atoms with E-state index in [9.17, 15) is 23.2 Å². The quantitative estimate of drug-likeness (QED) is 0.496. The maximum atomic E-state index is 11.8. The number of rotatable bonds is 4. The molecule has 2 N–H and O–H groups in total. The van der Waals surface area contributed by atoms with Crippen molar-refractivity contribution in [2.24, 2.45) is 4.99 Å². The first-order chi connectivity index (χ1) is 9.28. The van der Waals surface area contributed by atoms with Gasteiger partial charge in [-0.25, -0.2) is 0 Å². The number of pyridine rings is 1. The van der Waals surface area contributed by atoms with E-state index in [0.29, 0.717) is 11.6 Å². The number of carbonyl (C=O) groups is 1. The number of nitrogens with one attached hydrogen (secondary N) is 1. The Morgan fingerprint density at radius 3 is 2.90 bits per heavy atom. The zero-order valence-electron chi connectivity index (χ0n) is 10.7. The highest BCUT2D eigenvalue weighted by Gasteiger charge is 2.22. The minimum atomic E-state index is -4.51. The summed E-state index contributed by atoms with van der Waals surface area (Å²) in [6, 6.07) is 3.31. The monoisotopic (exact) mass is 289 g/mol. The van der Waals surface area contributed by atoms with Crippen molar-refractivity contribution in [1.82, 2.24) is 10.0 Å². The summed E-state index contributed by atoms with van der Waals surface area (Å²) in [5.41, 5.74) is 1.19. The average Bonchev–Trinajstić information content (AvgIpc) is 2.35. The van der Waals surface area contributed by atoms with Crippen LogP contribution in [-0.2, 0) is 4.79 Å². The Kier molecular flexibility index (Phi) is 5.36. The van der Waals surface area contributed by atoms with Crippen molar-refractivity contribution in [3.8, 4) is 0 Å². The van der Waals surface area contributed by atoms with Crippen LogP contribution in [0.5, 0.6) is 0 Å². The molecule has 110 valence electrons. The molecule has 1 rings (SSSR count). The molecule has 0 spiro atoms. The normalized spacial score (nSPS) is 12.9. The molecule has 1 amide bonds. The highest BCUT2D eigenvalue weighted by atomic mass is 19.4. The van der Waals surface area contributed by atoms with E-state index in [2.05, 4.69) is 10.3 Å². The van der Waals surface area contributed by atoms with Crippen LogP contribution in [-0.4, -0.2) is 35.1 Å². The lowest BCUT2D eigenvalue weighted by Gasteiger charge is -2.02. The molecule has 1 aromatic heterocycles. The van der Waals surface area contributed by atoms with E-state index < -0.39 is 12.1 Å². The third-order valence-electron chi connectivity index (χ3n) is 2.18. The Hall–Kier alpha value is -2.25. The zero-order chi connectivity index (χ0) is 15.2. The first-order valence-corrected chi connectivity index (χ1v) is 5.71. The summed E-state index contributed by atoms with van der Waals surface area (Å²) >= 11 is 0. The standard InChI is InChI=1S/C12H14F3N3O2/c1-9-3-7-18(20)10(8-9)16-5-6-17-11(19)2-4-12(13,14)15/h2-4,7-8,20H,5-6H2,1H3,(H,17,19)/b4-2+,16-10?. The summed E-state index contributed by atoms with van der Waals surface area (Å²) in [5.74, 6) is -0.848. The summed E-state index contributed by atoms with van der Waals surface area (Å²) in [7, 11) is 0. The molecule has 5 nitrogen and oxygen atoms in total. The van der Waals surface area contributed by atoms with Gasteiger partial charge in [0.2, 0.25) is 5.91 Å². The molecule has 8 heteroatoms. The van der Waals surface area contributed by atoms with Gasteiger partial charge in [-0.2, -0.15) is 17.9 Å². The summed E-state index contributed by atoms with van der Waals surface area (Å²) in [6.45, 7) is 2.02. The fraction of sp³-hybridized carbons (Fsp3) is 0.333. The van der Waals surface area contributed by atoms with Crippen molar-refractivity contribution < 1.29 is 23.2 Å². The number of carbonyl (C=O) groups excluding carboxylic acids is 1. The Bertz CT molecular complexity index is 562. The van der Waals surface area contributed by atoms with Crippen LogP contribution < -0.4 is 10.8 Å². The number of aromatic nitrogens is 1. The van der Waals surface area contributed by atoms with Crippen molar-refractivity contribution in [3.05, 3.63) is 41.5 Å².